The monoisotopic (exact) mass is 340 g/mol. The van der Waals surface area contributed by atoms with E-state index >= 15 is 0 Å². The molecular weight excluding hydrogens is 320 g/mol. The van der Waals surface area contributed by atoms with Crippen LogP contribution >= 0.6 is 0 Å². The number of hydrogen-bond donors (Lipinski definition) is 0. The van der Waals surface area contributed by atoms with Crippen molar-refractivity contribution < 1.29 is 0 Å². The third-order valence-corrected chi connectivity index (χ3v) is 4.50. The number of benzene rings is 2. The van der Waals surface area contributed by atoms with E-state index in [0.717, 1.165) is 35.9 Å². The van der Waals surface area contributed by atoms with Crippen molar-refractivity contribution in [3.05, 3.63) is 90.4 Å². The Morgan fingerprint density at radius 2 is 1.54 bits per heavy atom. The molecule has 4 rings (SSSR count). The van der Waals surface area contributed by atoms with Gasteiger partial charge in [0, 0.05) is 12.7 Å². The van der Waals surface area contributed by atoms with E-state index in [4.69, 9.17) is 0 Å². The minimum Gasteiger partial charge on any atom is -0.310 e. The molecule has 0 unspecified atom stereocenters. The molecule has 0 radical (unpaired) electrons. The summed E-state index contributed by atoms with van der Waals surface area (Å²) in [5, 5.41) is 8.66. The molecule has 26 heavy (non-hydrogen) atoms. The van der Waals surface area contributed by atoms with Crippen LogP contribution in [0.5, 0.6) is 0 Å². The standard InChI is InChI=1S/C22H20N4/c1-17-24-25-22(26(17)15-13-18-8-4-2-5-9-18)21-16-20(12-14-23-21)19-10-6-3-7-11-19/h2-12,14,16H,13,15H2,1H3. The summed E-state index contributed by atoms with van der Waals surface area (Å²) >= 11 is 0. The third kappa shape index (κ3) is 3.40. The van der Waals surface area contributed by atoms with Crippen molar-refractivity contribution in [2.45, 2.75) is 19.9 Å². The van der Waals surface area contributed by atoms with Crippen molar-refractivity contribution in [2.24, 2.45) is 0 Å². The van der Waals surface area contributed by atoms with Crippen LogP contribution in [-0.2, 0) is 13.0 Å². The summed E-state index contributed by atoms with van der Waals surface area (Å²) < 4.78 is 2.14. The maximum absolute atomic E-state index is 4.54. The molecule has 0 fully saturated rings. The van der Waals surface area contributed by atoms with Crippen LogP contribution in [0.2, 0.25) is 0 Å². The highest BCUT2D eigenvalue weighted by molar-refractivity contribution is 5.67. The van der Waals surface area contributed by atoms with Crippen molar-refractivity contribution in [3.63, 3.8) is 0 Å². The fourth-order valence-corrected chi connectivity index (χ4v) is 3.09. The number of nitrogens with zero attached hydrogens (tertiary/aromatic N) is 4. The van der Waals surface area contributed by atoms with Gasteiger partial charge in [-0.3, -0.25) is 4.98 Å². The van der Waals surface area contributed by atoms with Gasteiger partial charge in [-0.1, -0.05) is 60.7 Å². The molecule has 2 aromatic carbocycles. The van der Waals surface area contributed by atoms with Gasteiger partial charge in [-0.15, -0.1) is 10.2 Å². The lowest BCUT2D eigenvalue weighted by atomic mass is 10.1. The zero-order chi connectivity index (χ0) is 17.8. The maximum Gasteiger partial charge on any atom is 0.182 e. The zero-order valence-electron chi connectivity index (χ0n) is 14.7. The van der Waals surface area contributed by atoms with Gasteiger partial charge >= 0.3 is 0 Å². The number of rotatable bonds is 5. The van der Waals surface area contributed by atoms with Crippen molar-refractivity contribution in [3.8, 4) is 22.6 Å². The maximum atomic E-state index is 4.54. The molecule has 4 nitrogen and oxygen atoms in total. The quantitative estimate of drug-likeness (QED) is 0.535. The van der Waals surface area contributed by atoms with Crippen LogP contribution in [0.25, 0.3) is 22.6 Å². The second-order valence-corrected chi connectivity index (χ2v) is 6.25. The highest BCUT2D eigenvalue weighted by atomic mass is 15.3. The summed E-state index contributed by atoms with van der Waals surface area (Å²) in [5.74, 6) is 1.72. The molecule has 0 bridgehead atoms. The van der Waals surface area contributed by atoms with E-state index in [-0.39, 0.29) is 0 Å². The van der Waals surface area contributed by atoms with E-state index in [0.29, 0.717) is 0 Å². The van der Waals surface area contributed by atoms with Crippen LogP contribution in [0.4, 0.5) is 0 Å². The Kier molecular flexibility index (Phi) is 4.56. The molecule has 0 amide bonds. The molecule has 2 aromatic heterocycles. The smallest absolute Gasteiger partial charge is 0.182 e. The second-order valence-electron chi connectivity index (χ2n) is 6.25. The Bertz CT molecular complexity index is 991. The fraction of sp³-hybridized carbons (Fsp3) is 0.136. The second kappa shape index (κ2) is 7.31. The van der Waals surface area contributed by atoms with E-state index < -0.39 is 0 Å². The summed E-state index contributed by atoms with van der Waals surface area (Å²) in [7, 11) is 0. The highest BCUT2D eigenvalue weighted by Gasteiger charge is 2.13. The topological polar surface area (TPSA) is 43.6 Å². The van der Waals surface area contributed by atoms with Crippen LogP contribution in [0, 0.1) is 6.92 Å². The van der Waals surface area contributed by atoms with Crippen molar-refractivity contribution in [1.29, 1.82) is 0 Å². The molecule has 4 heteroatoms. The molecule has 128 valence electrons. The number of aryl methyl sites for hydroxylation is 2. The first-order chi connectivity index (χ1) is 12.8. The Morgan fingerprint density at radius 1 is 0.808 bits per heavy atom. The minimum absolute atomic E-state index is 0.816. The first-order valence-corrected chi connectivity index (χ1v) is 8.77. The summed E-state index contributed by atoms with van der Waals surface area (Å²) in [5.41, 5.74) is 4.45. The van der Waals surface area contributed by atoms with Gasteiger partial charge in [0.2, 0.25) is 0 Å². The van der Waals surface area contributed by atoms with Crippen molar-refractivity contribution in [2.75, 3.05) is 0 Å². The average Bonchev–Trinajstić information content (AvgIpc) is 3.08. The molecule has 0 N–H and O–H groups in total. The molecule has 0 atom stereocenters. The van der Waals surface area contributed by atoms with Gasteiger partial charge in [0.25, 0.3) is 0 Å². The molecule has 0 aliphatic carbocycles. The summed E-state index contributed by atoms with van der Waals surface area (Å²) in [6.45, 7) is 2.82. The lowest BCUT2D eigenvalue weighted by molar-refractivity contribution is 0.677. The number of hydrogen-bond acceptors (Lipinski definition) is 3. The van der Waals surface area contributed by atoms with Crippen LogP contribution in [0.1, 0.15) is 11.4 Å². The normalized spacial score (nSPS) is 10.8. The largest absolute Gasteiger partial charge is 0.310 e. The Morgan fingerprint density at radius 3 is 2.31 bits per heavy atom. The molecular formula is C22H20N4. The van der Waals surface area contributed by atoms with Crippen molar-refractivity contribution in [1.82, 2.24) is 19.7 Å². The molecule has 0 aliphatic rings. The predicted octanol–water partition coefficient (Wildman–Crippen LogP) is 4.56. The van der Waals surface area contributed by atoms with Gasteiger partial charge < -0.3 is 4.57 Å². The summed E-state index contributed by atoms with van der Waals surface area (Å²) in [6.07, 6.45) is 2.77. The highest BCUT2D eigenvalue weighted by Crippen LogP contribution is 2.24. The summed E-state index contributed by atoms with van der Waals surface area (Å²) in [6, 6.07) is 24.9. The minimum atomic E-state index is 0.816. The SMILES string of the molecule is Cc1nnc(-c2cc(-c3ccccc3)ccn2)n1CCc1ccccc1. The van der Waals surface area contributed by atoms with E-state index in [1.165, 1.54) is 11.1 Å². The first-order valence-electron chi connectivity index (χ1n) is 8.77. The first kappa shape index (κ1) is 16.2. The van der Waals surface area contributed by atoms with Gasteiger partial charge in [0.05, 0.1) is 0 Å². The molecule has 0 aliphatic heterocycles. The Labute approximate surface area is 153 Å². The van der Waals surface area contributed by atoms with Crippen LogP contribution in [0.3, 0.4) is 0 Å². The van der Waals surface area contributed by atoms with Gasteiger partial charge in [-0.05, 0) is 42.2 Å². The lowest BCUT2D eigenvalue weighted by Crippen LogP contribution is -2.06. The molecule has 0 spiro atoms. The molecule has 0 saturated heterocycles. The van der Waals surface area contributed by atoms with Gasteiger partial charge in [0.15, 0.2) is 5.82 Å². The van der Waals surface area contributed by atoms with Gasteiger partial charge in [0.1, 0.15) is 11.5 Å². The van der Waals surface area contributed by atoms with Crippen LogP contribution in [0.15, 0.2) is 79.0 Å². The Hall–Kier alpha value is -3.27. The lowest BCUT2D eigenvalue weighted by Gasteiger charge is -2.09. The van der Waals surface area contributed by atoms with E-state index in [1.54, 1.807) is 0 Å². The van der Waals surface area contributed by atoms with Gasteiger partial charge in [-0.25, -0.2) is 0 Å². The average molecular weight is 340 g/mol. The van der Waals surface area contributed by atoms with Crippen LogP contribution < -0.4 is 0 Å². The number of pyridine rings is 1. The zero-order valence-corrected chi connectivity index (χ0v) is 14.7. The van der Waals surface area contributed by atoms with E-state index in [1.807, 2.05) is 43.5 Å². The van der Waals surface area contributed by atoms with Gasteiger partial charge in [-0.2, -0.15) is 0 Å². The number of aromatic nitrogens is 4. The van der Waals surface area contributed by atoms with Crippen molar-refractivity contribution >= 4 is 0 Å². The van der Waals surface area contributed by atoms with E-state index in [2.05, 4.69) is 62.2 Å². The molecule has 0 saturated carbocycles. The van der Waals surface area contributed by atoms with E-state index in [9.17, 15) is 0 Å². The predicted molar refractivity (Wildman–Crippen MR) is 104 cm³/mol. The molecule has 2 heterocycles. The Balaban J connectivity index is 1.64. The van der Waals surface area contributed by atoms with Crippen LogP contribution in [-0.4, -0.2) is 19.7 Å². The fourth-order valence-electron chi connectivity index (χ4n) is 3.09. The molecule has 4 aromatic rings. The summed E-state index contributed by atoms with van der Waals surface area (Å²) in [4.78, 5) is 4.54. The third-order valence-electron chi connectivity index (χ3n) is 4.50.